The minimum atomic E-state index is -0.260. The van der Waals surface area contributed by atoms with Crippen LogP contribution in [0.2, 0.25) is 5.02 Å². The van der Waals surface area contributed by atoms with Crippen LogP contribution in [0.5, 0.6) is 11.5 Å². The van der Waals surface area contributed by atoms with Crippen LogP contribution in [0.15, 0.2) is 53.9 Å². The van der Waals surface area contributed by atoms with Crippen molar-refractivity contribution in [2.45, 2.75) is 32.4 Å². The fourth-order valence-corrected chi connectivity index (χ4v) is 5.47. The van der Waals surface area contributed by atoms with Gasteiger partial charge in [-0.25, -0.2) is 0 Å². The summed E-state index contributed by atoms with van der Waals surface area (Å²) in [6, 6.07) is 14.4. The highest BCUT2D eigenvalue weighted by atomic mass is 35.5. The van der Waals surface area contributed by atoms with Crippen LogP contribution in [-0.2, 0) is 11.2 Å². The van der Waals surface area contributed by atoms with Crippen molar-refractivity contribution in [3.05, 3.63) is 80.5 Å². The molecular weight excluding hydrogens is 484 g/mol. The predicted molar refractivity (Wildman–Crippen MR) is 139 cm³/mol. The Bertz CT molecular complexity index is 1210. The number of nitrogens with zero attached hydrogens (tertiary/aromatic N) is 2. The maximum atomic E-state index is 13.7. The molecule has 8 heteroatoms. The zero-order valence-electron chi connectivity index (χ0n) is 20.3. The molecule has 0 radical (unpaired) electrons. The van der Waals surface area contributed by atoms with Crippen molar-refractivity contribution in [3.63, 3.8) is 0 Å². The third-order valence-corrected chi connectivity index (χ3v) is 7.55. The minimum Gasteiger partial charge on any atom is -0.497 e. The fraction of sp³-hybridized carbons (Fsp3) is 0.333. The van der Waals surface area contributed by atoms with Crippen molar-refractivity contribution in [3.8, 4) is 11.5 Å². The zero-order chi connectivity index (χ0) is 25.1. The van der Waals surface area contributed by atoms with Gasteiger partial charge in [0.25, 0.3) is 5.91 Å². The van der Waals surface area contributed by atoms with E-state index in [1.54, 1.807) is 41.5 Å². The number of methoxy groups -OCH3 is 2. The van der Waals surface area contributed by atoms with Crippen molar-refractivity contribution in [2.24, 2.45) is 0 Å². The molecule has 0 aliphatic carbocycles. The summed E-state index contributed by atoms with van der Waals surface area (Å²) in [6.45, 7) is 4.37. The Morgan fingerprint density at radius 3 is 2.51 bits per heavy atom. The van der Waals surface area contributed by atoms with Crippen LogP contribution in [0.4, 0.5) is 0 Å². The molecule has 2 heterocycles. The zero-order valence-corrected chi connectivity index (χ0v) is 21.9. The second-order valence-electron chi connectivity index (χ2n) is 8.68. The van der Waals surface area contributed by atoms with E-state index in [-0.39, 0.29) is 30.4 Å². The molecule has 3 aromatic rings. The van der Waals surface area contributed by atoms with Gasteiger partial charge in [0.1, 0.15) is 18.0 Å². The third-order valence-electron chi connectivity index (χ3n) is 6.30. The van der Waals surface area contributed by atoms with E-state index in [0.717, 1.165) is 17.5 Å². The topological polar surface area (TPSA) is 59.1 Å². The summed E-state index contributed by atoms with van der Waals surface area (Å²) in [4.78, 5) is 32.1. The van der Waals surface area contributed by atoms with Crippen LogP contribution in [0.1, 0.15) is 46.3 Å². The molecule has 0 bridgehead atoms. The van der Waals surface area contributed by atoms with Gasteiger partial charge in [0, 0.05) is 28.6 Å². The summed E-state index contributed by atoms with van der Waals surface area (Å²) < 4.78 is 10.7. The van der Waals surface area contributed by atoms with Gasteiger partial charge in [-0.3, -0.25) is 9.59 Å². The highest BCUT2D eigenvalue weighted by Crippen LogP contribution is 2.38. The van der Waals surface area contributed by atoms with Gasteiger partial charge >= 0.3 is 0 Å². The lowest BCUT2D eigenvalue weighted by atomic mass is 9.93. The van der Waals surface area contributed by atoms with Gasteiger partial charge < -0.3 is 19.3 Å². The molecule has 1 aliphatic heterocycles. The normalized spacial score (nSPS) is 15.0. The summed E-state index contributed by atoms with van der Waals surface area (Å²) in [6.07, 6.45) is 0.796. The van der Waals surface area contributed by atoms with Crippen LogP contribution >= 0.6 is 22.9 Å². The van der Waals surface area contributed by atoms with Gasteiger partial charge in [0.05, 0.1) is 25.8 Å². The molecule has 0 saturated heterocycles. The third kappa shape index (κ3) is 5.16. The lowest BCUT2D eigenvalue weighted by molar-refractivity contribution is -0.134. The van der Waals surface area contributed by atoms with Crippen molar-refractivity contribution in [1.29, 1.82) is 0 Å². The smallest absolute Gasteiger partial charge is 0.258 e. The van der Waals surface area contributed by atoms with E-state index < -0.39 is 0 Å². The first-order valence-corrected chi connectivity index (χ1v) is 12.7. The van der Waals surface area contributed by atoms with Gasteiger partial charge in [0.15, 0.2) is 0 Å². The van der Waals surface area contributed by atoms with Crippen LogP contribution in [0.3, 0.4) is 0 Å². The van der Waals surface area contributed by atoms with Crippen LogP contribution < -0.4 is 9.47 Å². The van der Waals surface area contributed by atoms with Crippen LogP contribution in [-0.4, -0.2) is 55.0 Å². The molecule has 6 nitrogen and oxygen atoms in total. The van der Waals surface area contributed by atoms with Gasteiger partial charge in [-0.2, -0.15) is 0 Å². The Balaban J connectivity index is 1.63. The quantitative estimate of drug-likeness (QED) is 0.423. The standard InChI is InChI=1S/C27H29ClN2O4S/c1-17(2)30(27(32)21-10-9-20(33-3)15-23(21)34-4)16-25(31)29-13-11-24-22(12-14-35-24)26(29)18-5-7-19(28)8-6-18/h5-10,12,14-15,17,26H,11,13,16H2,1-4H3. The van der Waals surface area contributed by atoms with Crippen molar-refractivity contribution >= 4 is 34.8 Å². The number of benzene rings is 2. The number of rotatable bonds is 7. The minimum absolute atomic E-state index is 0.0325. The number of carbonyl (C=O) groups excluding carboxylic acids is 2. The summed E-state index contributed by atoms with van der Waals surface area (Å²) in [5.41, 5.74) is 2.53. The number of carbonyl (C=O) groups is 2. The molecule has 1 unspecified atom stereocenters. The molecule has 2 amide bonds. The second kappa shape index (κ2) is 10.7. The molecular formula is C27H29ClN2O4S. The van der Waals surface area contributed by atoms with Gasteiger partial charge in [0.2, 0.25) is 5.91 Å². The van der Waals surface area contributed by atoms with Crippen LogP contribution in [0.25, 0.3) is 0 Å². The maximum Gasteiger partial charge on any atom is 0.258 e. The van der Waals surface area contributed by atoms with E-state index in [2.05, 4.69) is 11.4 Å². The van der Waals surface area contributed by atoms with Crippen molar-refractivity contribution in [1.82, 2.24) is 9.80 Å². The molecule has 0 fully saturated rings. The van der Waals surface area contributed by atoms with Crippen molar-refractivity contribution in [2.75, 3.05) is 27.3 Å². The van der Waals surface area contributed by atoms with E-state index >= 15 is 0 Å². The second-order valence-corrected chi connectivity index (χ2v) is 10.1. The summed E-state index contributed by atoms with van der Waals surface area (Å²) in [7, 11) is 3.07. The number of fused-ring (bicyclic) bond motifs is 1. The predicted octanol–water partition coefficient (Wildman–Crippen LogP) is 5.44. The average molecular weight is 513 g/mol. The number of hydrogen-bond donors (Lipinski definition) is 0. The van der Waals surface area contributed by atoms with E-state index in [1.807, 2.05) is 43.0 Å². The van der Waals surface area contributed by atoms with Gasteiger partial charge in [-0.05, 0) is 67.1 Å². The van der Waals surface area contributed by atoms with Gasteiger partial charge in [-0.1, -0.05) is 23.7 Å². The van der Waals surface area contributed by atoms with E-state index in [9.17, 15) is 9.59 Å². The molecule has 184 valence electrons. The molecule has 0 saturated carbocycles. The van der Waals surface area contributed by atoms with Crippen LogP contribution in [0, 0.1) is 0 Å². The molecule has 35 heavy (non-hydrogen) atoms. The lowest BCUT2D eigenvalue weighted by Crippen LogP contribution is -2.48. The number of ether oxygens (including phenoxy) is 2. The number of amides is 2. The van der Waals surface area contributed by atoms with Gasteiger partial charge in [-0.15, -0.1) is 11.3 Å². The number of hydrogen-bond acceptors (Lipinski definition) is 5. The summed E-state index contributed by atoms with van der Waals surface area (Å²) in [5.74, 6) is 0.643. The maximum absolute atomic E-state index is 13.7. The highest BCUT2D eigenvalue weighted by molar-refractivity contribution is 7.10. The average Bonchev–Trinajstić information content (AvgIpc) is 3.35. The molecule has 2 aromatic carbocycles. The van der Waals surface area contributed by atoms with Crippen molar-refractivity contribution < 1.29 is 19.1 Å². The molecule has 4 rings (SSSR count). The Kier molecular flexibility index (Phi) is 7.67. The SMILES string of the molecule is COc1ccc(C(=O)N(CC(=O)N2CCc3sccc3C2c2ccc(Cl)cc2)C(C)C)c(OC)c1. The van der Waals surface area contributed by atoms with E-state index in [4.69, 9.17) is 21.1 Å². The molecule has 0 spiro atoms. The summed E-state index contributed by atoms with van der Waals surface area (Å²) >= 11 is 7.84. The fourth-order valence-electron chi connectivity index (χ4n) is 4.44. The monoisotopic (exact) mass is 512 g/mol. The van der Waals surface area contributed by atoms with E-state index in [0.29, 0.717) is 28.6 Å². The highest BCUT2D eigenvalue weighted by Gasteiger charge is 2.35. The Morgan fingerprint density at radius 2 is 1.86 bits per heavy atom. The molecule has 1 atom stereocenters. The molecule has 1 aromatic heterocycles. The number of halogens is 1. The first kappa shape index (κ1) is 25.1. The first-order chi connectivity index (χ1) is 16.8. The largest absolute Gasteiger partial charge is 0.497 e. The Hall–Kier alpha value is -3.03. The Labute approximate surface area is 215 Å². The lowest BCUT2D eigenvalue weighted by Gasteiger charge is -2.38. The first-order valence-electron chi connectivity index (χ1n) is 11.5. The Morgan fingerprint density at radius 1 is 1.11 bits per heavy atom. The molecule has 0 N–H and O–H groups in total. The van der Waals surface area contributed by atoms with E-state index in [1.165, 1.54) is 12.0 Å². The summed E-state index contributed by atoms with van der Waals surface area (Å²) in [5, 5.41) is 2.72. The molecule has 1 aliphatic rings. The number of thiophene rings is 1.